The van der Waals surface area contributed by atoms with E-state index in [1.54, 1.807) is 0 Å². The SMILES string of the molecule is CC(C)C1CCN(CC(=O)Nc2cc(F)ccc2N)C1. The third-order valence-corrected chi connectivity index (χ3v) is 3.91. The van der Waals surface area contributed by atoms with Crippen LogP contribution in [0.1, 0.15) is 20.3 Å². The van der Waals surface area contributed by atoms with Gasteiger partial charge in [-0.3, -0.25) is 9.69 Å². The fourth-order valence-corrected chi connectivity index (χ4v) is 2.58. The monoisotopic (exact) mass is 279 g/mol. The van der Waals surface area contributed by atoms with Crippen molar-refractivity contribution in [1.82, 2.24) is 4.90 Å². The molecule has 0 aliphatic carbocycles. The normalized spacial score (nSPS) is 19.5. The molecule has 1 unspecified atom stereocenters. The van der Waals surface area contributed by atoms with Gasteiger partial charge in [-0.15, -0.1) is 0 Å². The van der Waals surface area contributed by atoms with E-state index in [9.17, 15) is 9.18 Å². The number of halogens is 1. The smallest absolute Gasteiger partial charge is 0.238 e. The second kappa shape index (κ2) is 6.22. The van der Waals surface area contributed by atoms with Crippen molar-refractivity contribution < 1.29 is 9.18 Å². The standard InChI is InChI=1S/C15H22FN3O/c1-10(2)11-5-6-19(8-11)9-15(20)18-14-7-12(16)3-4-13(14)17/h3-4,7,10-11H,5-6,8-9,17H2,1-2H3,(H,18,20). The largest absolute Gasteiger partial charge is 0.397 e. The molecule has 1 heterocycles. The van der Waals surface area contributed by atoms with Crippen LogP contribution in [0.5, 0.6) is 0 Å². The molecule has 1 saturated heterocycles. The lowest BCUT2D eigenvalue weighted by Gasteiger charge is -2.17. The molecular weight excluding hydrogens is 257 g/mol. The summed E-state index contributed by atoms with van der Waals surface area (Å²) in [6, 6.07) is 3.97. The number of amides is 1. The Hall–Kier alpha value is -1.62. The molecule has 4 nitrogen and oxygen atoms in total. The maximum Gasteiger partial charge on any atom is 0.238 e. The Morgan fingerprint density at radius 3 is 2.95 bits per heavy atom. The fourth-order valence-electron chi connectivity index (χ4n) is 2.58. The van der Waals surface area contributed by atoms with Crippen LogP contribution >= 0.6 is 0 Å². The number of nitrogens with one attached hydrogen (secondary N) is 1. The molecule has 1 aromatic rings. The molecule has 1 aliphatic heterocycles. The van der Waals surface area contributed by atoms with E-state index in [1.165, 1.54) is 18.2 Å². The van der Waals surface area contributed by atoms with E-state index < -0.39 is 5.82 Å². The third-order valence-electron chi connectivity index (χ3n) is 3.91. The molecule has 0 radical (unpaired) electrons. The molecule has 1 fully saturated rings. The van der Waals surface area contributed by atoms with Gasteiger partial charge in [0.05, 0.1) is 17.9 Å². The van der Waals surface area contributed by atoms with Crippen LogP contribution in [0.15, 0.2) is 18.2 Å². The van der Waals surface area contributed by atoms with Crippen molar-refractivity contribution in [2.24, 2.45) is 11.8 Å². The average molecular weight is 279 g/mol. The van der Waals surface area contributed by atoms with E-state index in [0.29, 0.717) is 29.8 Å². The summed E-state index contributed by atoms with van der Waals surface area (Å²) in [4.78, 5) is 14.1. The van der Waals surface area contributed by atoms with Crippen molar-refractivity contribution in [3.8, 4) is 0 Å². The summed E-state index contributed by atoms with van der Waals surface area (Å²) in [5.74, 6) is 0.742. The van der Waals surface area contributed by atoms with Crippen LogP contribution in [-0.2, 0) is 4.79 Å². The molecule has 1 atom stereocenters. The van der Waals surface area contributed by atoms with Gasteiger partial charge in [-0.2, -0.15) is 0 Å². The van der Waals surface area contributed by atoms with Gasteiger partial charge in [0, 0.05) is 6.54 Å². The summed E-state index contributed by atoms with van der Waals surface area (Å²) in [6.45, 7) is 6.64. The lowest BCUT2D eigenvalue weighted by atomic mass is 9.95. The van der Waals surface area contributed by atoms with Crippen LogP contribution in [0, 0.1) is 17.7 Å². The minimum absolute atomic E-state index is 0.147. The Balaban J connectivity index is 1.88. The van der Waals surface area contributed by atoms with Gasteiger partial charge in [0.1, 0.15) is 5.82 Å². The van der Waals surface area contributed by atoms with Gasteiger partial charge in [0.2, 0.25) is 5.91 Å². The Morgan fingerprint density at radius 1 is 1.55 bits per heavy atom. The molecular formula is C15H22FN3O. The fraction of sp³-hybridized carbons (Fsp3) is 0.533. The van der Waals surface area contributed by atoms with Crippen LogP contribution in [0.2, 0.25) is 0 Å². The number of carbonyl (C=O) groups excluding carboxylic acids is 1. The van der Waals surface area contributed by atoms with Crippen LogP contribution < -0.4 is 11.1 Å². The first-order valence-electron chi connectivity index (χ1n) is 7.03. The van der Waals surface area contributed by atoms with Crippen molar-refractivity contribution in [2.45, 2.75) is 20.3 Å². The van der Waals surface area contributed by atoms with Crippen molar-refractivity contribution >= 4 is 17.3 Å². The summed E-state index contributed by atoms with van der Waals surface area (Å²) < 4.78 is 13.1. The Bertz CT molecular complexity index is 490. The summed E-state index contributed by atoms with van der Waals surface area (Å²) in [5.41, 5.74) is 6.43. The van der Waals surface area contributed by atoms with Crippen molar-refractivity contribution in [3.63, 3.8) is 0 Å². The maximum absolute atomic E-state index is 13.1. The zero-order chi connectivity index (χ0) is 14.7. The van der Waals surface area contributed by atoms with E-state index in [1.807, 2.05) is 0 Å². The molecule has 1 amide bonds. The highest BCUT2D eigenvalue weighted by atomic mass is 19.1. The summed E-state index contributed by atoms with van der Waals surface area (Å²) in [6.07, 6.45) is 1.13. The number of anilines is 2. The van der Waals surface area contributed by atoms with Gasteiger partial charge in [-0.05, 0) is 43.0 Å². The second-order valence-corrected chi connectivity index (χ2v) is 5.81. The molecule has 0 bridgehead atoms. The second-order valence-electron chi connectivity index (χ2n) is 5.81. The molecule has 0 spiro atoms. The molecule has 0 saturated carbocycles. The number of nitrogen functional groups attached to an aromatic ring is 1. The lowest BCUT2D eigenvalue weighted by molar-refractivity contribution is -0.117. The van der Waals surface area contributed by atoms with Crippen LogP contribution in [-0.4, -0.2) is 30.4 Å². The van der Waals surface area contributed by atoms with Crippen molar-refractivity contribution in [1.29, 1.82) is 0 Å². The number of carbonyl (C=O) groups is 1. The van der Waals surface area contributed by atoms with Crippen molar-refractivity contribution in [2.75, 3.05) is 30.7 Å². The van der Waals surface area contributed by atoms with E-state index in [-0.39, 0.29) is 5.91 Å². The van der Waals surface area contributed by atoms with Gasteiger partial charge in [-0.25, -0.2) is 4.39 Å². The minimum atomic E-state index is -0.407. The molecule has 2 rings (SSSR count). The highest BCUT2D eigenvalue weighted by molar-refractivity contribution is 5.95. The molecule has 110 valence electrons. The van der Waals surface area contributed by atoms with Gasteiger partial charge >= 0.3 is 0 Å². The minimum Gasteiger partial charge on any atom is -0.397 e. The Labute approximate surface area is 119 Å². The first-order chi connectivity index (χ1) is 9.45. The van der Waals surface area contributed by atoms with E-state index in [4.69, 9.17) is 5.73 Å². The van der Waals surface area contributed by atoms with E-state index in [2.05, 4.69) is 24.1 Å². The van der Waals surface area contributed by atoms with Crippen LogP contribution in [0.3, 0.4) is 0 Å². The Kier molecular flexibility index (Phi) is 4.60. The van der Waals surface area contributed by atoms with Crippen LogP contribution in [0.25, 0.3) is 0 Å². The predicted molar refractivity (Wildman–Crippen MR) is 78.8 cm³/mol. The molecule has 5 heteroatoms. The summed E-state index contributed by atoms with van der Waals surface area (Å²) in [7, 11) is 0. The quantitative estimate of drug-likeness (QED) is 0.832. The zero-order valence-electron chi connectivity index (χ0n) is 12.0. The topological polar surface area (TPSA) is 58.4 Å². The molecule has 3 N–H and O–H groups in total. The first-order valence-corrected chi connectivity index (χ1v) is 7.03. The highest BCUT2D eigenvalue weighted by Gasteiger charge is 2.26. The summed E-state index contributed by atoms with van der Waals surface area (Å²) in [5, 5.41) is 2.68. The number of benzene rings is 1. The van der Waals surface area contributed by atoms with Gasteiger partial charge in [0.15, 0.2) is 0 Å². The Morgan fingerprint density at radius 2 is 2.30 bits per heavy atom. The lowest BCUT2D eigenvalue weighted by Crippen LogP contribution is -2.32. The predicted octanol–water partition coefficient (Wildman–Crippen LogP) is 2.32. The third kappa shape index (κ3) is 3.70. The van der Waals surface area contributed by atoms with Gasteiger partial charge in [-0.1, -0.05) is 13.8 Å². The number of likely N-dealkylation sites (tertiary alicyclic amines) is 1. The first kappa shape index (κ1) is 14.8. The number of hydrogen-bond acceptors (Lipinski definition) is 3. The van der Waals surface area contributed by atoms with Gasteiger partial charge in [0.25, 0.3) is 0 Å². The maximum atomic E-state index is 13.1. The molecule has 0 aromatic heterocycles. The van der Waals surface area contributed by atoms with E-state index >= 15 is 0 Å². The average Bonchev–Trinajstić information content (AvgIpc) is 2.82. The van der Waals surface area contributed by atoms with Gasteiger partial charge < -0.3 is 11.1 Å². The molecule has 1 aromatic carbocycles. The molecule has 20 heavy (non-hydrogen) atoms. The number of nitrogens with zero attached hydrogens (tertiary/aromatic N) is 1. The van der Waals surface area contributed by atoms with Crippen molar-refractivity contribution in [3.05, 3.63) is 24.0 Å². The number of nitrogens with two attached hydrogens (primary N) is 1. The number of rotatable bonds is 4. The zero-order valence-corrected chi connectivity index (χ0v) is 12.0. The highest BCUT2D eigenvalue weighted by Crippen LogP contribution is 2.24. The molecule has 1 aliphatic rings. The summed E-state index contributed by atoms with van der Waals surface area (Å²) >= 11 is 0. The number of hydrogen-bond donors (Lipinski definition) is 2. The van der Waals surface area contributed by atoms with Crippen LogP contribution in [0.4, 0.5) is 15.8 Å². The van der Waals surface area contributed by atoms with E-state index in [0.717, 1.165) is 19.5 Å².